The van der Waals surface area contributed by atoms with Crippen molar-refractivity contribution in [3.63, 3.8) is 0 Å². The summed E-state index contributed by atoms with van der Waals surface area (Å²) in [5.41, 5.74) is 0. The molecule has 0 aromatic carbocycles. The molecule has 0 unspecified atom stereocenters. The van der Waals surface area contributed by atoms with Gasteiger partial charge in [-0.05, 0) is 32.1 Å². The first kappa shape index (κ1) is 17.9. The van der Waals surface area contributed by atoms with E-state index in [0.717, 1.165) is 45.1 Å². The third kappa shape index (κ3) is 8.02. The minimum absolute atomic E-state index is 0.181. The van der Waals surface area contributed by atoms with Gasteiger partial charge >= 0.3 is 0 Å². The second-order valence-corrected chi connectivity index (χ2v) is 5.52. The van der Waals surface area contributed by atoms with Gasteiger partial charge in [-0.25, -0.2) is 0 Å². The lowest BCUT2D eigenvalue weighted by atomic mass is 10.2. The fourth-order valence-electron chi connectivity index (χ4n) is 2.33. The fourth-order valence-corrected chi connectivity index (χ4v) is 2.33. The largest absolute Gasteiger partial charge is 0.391 e. The van der Waals surface area contributed by atoms with Crippen molar-refractivity contribution in [1.82, 2.24) is 10.6 Å². The molecule has 6 heteroatoms. The number of amides is 2. The van der Waals surface area contributed by atoms with Gasteiger partial charge in [0.15, 0.2) is 0 Å². The van der Waals surface area contributed by atoms with Crippen LogP contribution in [0.1, 0.15) is 51.9 Å². The van der Waals surface area contributed by atoms with E-state index in [2.05, 4.69) is 17.6 Å². The maximum atomic E-state index is 11.7. The van der Waals surface area contributed by atoms with Crippen LogP contribution in [0.2, 0.25) is 0 Å². The van der Waals surface area contributed by atoms with Crippen LogP contribution in [-0.2, 0) is 14.3 Å². The minimum Gasteiger partial charge on any atom is -0.391 e. The molecule has 1 aliphatic carbocycles. The predicted molar refractivity (Wildman–Crippen MR) is 79.8 cm³/mol. The average Bonchev–Trinajstić information content (AvgIpc) is 2.83. The van der Waals surface area contributed by atoms with Crippen LogP contribution in [0.3, 0.4) is 0 Å². The highest BCUT2D eigenvalue weighted by Gasteiger charge is 2.26. The molecular weight excluding hydrogens is 272 g/mol. The van der Waals surface area contributed by atoms with Crippen molar-refractivity contribution < 1.29 is 19.4 Å². The van der Waals surface area contributed by atoms with E-state index in [9.17, 15) is 14.7 Å². The molecule has 21 heavy (non-hydrogen) atoms. The normalized spacial score (nSPS) is 21.2. The van der Waals surface area contributed by atoms with E-state index in [1.54, 1.807) is 0 Å². The van der Waals surface area contributed by atoms with Crippen molar-refractivity contribution in [2.45, 2.75) is 64.0 Å². The third-order valence-corrected chi connectivity index (χ3v) is 3.58. The van der Waals surface area contributed by atoms with E-state index >= 15 is 0 Å². The predicted octanol–water partition coefficient (Wildman–Crippen LogP) is 0.729. The molecule has 2 atom stereocenters. The van der Waals surface area contributed by atoms with Crippen molar-refractivity contribution in [2.75, 3.05) is 19.8 Å². The monoisotopic (exact) mass is 300 g/mol. The van der Waals surface area contributed by atoms with Gasteiger partial charge in [-0.2, -0.15) is 0 Å². The molecule has 0 radical (unpaired) electrons. The van der Waals surface area contributed by atoms with E-state index in [1.807, 2.05) is 0 Å². The Hall–Kier alpha value is -1.14. The summed E-state index contributed by atoms with van der Waals surface area (Å²) in [5, 5.41) is 15.0. The summed E-state index contributed by atoms with van der Waals surface area (Å²) in [6, 6.07) is -0.197. The number of hydrogen-bond donors (Lipinski definition) is 3. The summed E-state index contributed by atoms with van der Waals surface area (Å²) < 4.78 is 5.38. The van der Waals surface area contributed by atoms with E-state index in [0.29, 0.717) is 13.2 Å². The minimum atomic E-state index is -0.475. The van der Waals surface area contributed by atoms with Crippen LogP contribution >= 0.6 is 0 Å². The lowest BCUT2D eigenvalue weighted by Gasteiger charge is -2.16. The summed E-state index contributed by atoms with van der Waals surface area (Å²) >= 11 is 0. The molecule has 1 aliphatic rings. The molecule has 0 saturated heterocycles. The number of rotatable bonds is 10. The first-order chi connectivity index (χ1) is 10.1. The molecule has 1 fully saturated rings. The molecule has 0 bridgehead atoms. The van der Waals surface area contributed by atoms with Gasteiger partial charge in [0.2, 0.25) is 11.8 Å². The van der Waals surface area contributed by atoms with Crippen molar-refractivity contribution in [1.29, 1.82) is 0 Å². The Morgan fingerprint density at radius 2 is 1.95 bits per heavy atom. The molecule has 3 N–H and O–H groups in total. The van der Waals surface area contributed by atoms with Crippen LogP contribution in [0.25, 0.3) is 0 Å². The second-order valence-electron chi connectivity index (χ2n) is 5.52. The molecule has 0 aliphatic heterocycles. The van der Waals surface area contributed by atoms with E-state index in [-0.39, 0.29) is 24.3 Å². The molecule has 1 rings (SSSR count). The number of aliphatic hydroxyl groups excluding tert-OH is 1. The van der Waals surface area contributed by atoms with Gasteiger partial charge in [-0.1, -0.05) is 13.3 Å². The Morgan fingerprint density at radius 3 is 2.62 bits per heavy atom. The SMILES string of the molecule is CCCCOCCCNC(=O)CC(=O)N[C@@H]1CCC[C@@H]1O. The summed E-state index contributed by atoms with van der Waals surface area (Å²) in [5.74, 6) is -0.605. The summed E-state index contributed by atoms with van der Waals surface area (Å²) in [6.07, 6.45) is 4.67. The maximum Gasteiger partial charge on any atom is 0.229 e. The average molecular weight is 300 g/mol. The summed E-state index contributed by atoms with van der Waals surface area (Å²) in [7, 11) is 0. The topological polar surface area (TPSA) is 87.7 Å². The molecule has 0 heterocycles. The smallest absolute Gasteiger partial charge is 0.229 e. The highest BCUT2D eigenvalue weighted by atomic mass is 16.5. The van der Waals surface area contributed by atoms with Crippen LogP contribution in [-0.4, -0.2) is 48.8 Å². The van der Waals surface area contributed by atoms with Gasteiger partial charge in [0.25, 0.3) is 0 Å². The first-order valence-electron chi connectivity index (χ1n) is 7.95. The van der Waals surface area contributed by atoms with Gasteiger partial charge in [-0.3, -0.25) is 9.59 Å². The molecule has 0 aromatic rings. The lowest BCUT2D eigenvalue weighted by molar-refractivity contribution is -0.130. The molecule has 6 nitrogen and oxygen atoms in total. The highest BCUT2D eigenvalue weighted by molar-refractivity contribution is 5.96. The number of carbonyl (C=O) groups excluding carboxylic acids is 2. The third-order valence-electron chi connectivity index (χ3n) is 3.58. The number of ether oxygens (including phenoxy) is 1. The molecular formula is C15H28N2O4. The van der Waals surface area contributed by atoms with Crippen LogP contribution in [0.4, 0.5) is 0 Å². The van der Waals surface area contributed by atoms with Crippen molar-refractivity contribution in [3.05, 3.63) is 0 Å². The number of hydrogen-bond acceptors (Lipinski definition) is 4. The van der Waals surface area contributed by atoms with Gasteiger partial charge in [0.05, 0.1) is 12.1 Å². The van der Waals surface area contributed by atoms with E-state index in [4.69, 9.17) is 4.74 Å². The Balaban J connectivity index is 2.01. The number of nitrogens with one attached hydrogen (secondary N) is 2. The Labute approximate surface area is 126 Å². The van der Waals surface area contributed by atoms with Crippen LogP contribution in [0.15, 0.2) is 0 Å². The van der Waals surface area contributed by atoms with E-state index < -0.39 is 6.10 Å². The van der Waals surface area contributed by atoms with Crippen molar-refractivity contribution >= 4 is 11.8 Å². The van der Waals surface area contributed by atoms with Crippen molar-refractivity contribution in [2.24, 2.45) is 0 Å². The number of aliphatic hydroxyl groups is 1. The van der Waals surface area contributed by atoms with Gasteiger partial charge in [0.1, 0.15) is 6.42 Å². The Morgan fingerprint density at radius 1 is 1.19 bits per heavy atom. The molecule has 2 amide bonds. The van der Waals surface area contributed by atoms with Crippen molar-refractivity contribution in [3.8, 4) is 0 Å². The molecule has 1 saturated carbocycles. The zero-order valence-electron chi connectivity index (χ0n) is 12.9. The second kappa shape index (κ2) is 10.6. The summed E-state index contributed by atoms with van der Waals surface area (Å²) in [4.78, 5) is 23.2. The van der Waals surface area contributed by atoms with Crippen LogP contribution < -0.4 is 10.6 Å². The molecule has 0 aromatic heterocycles. The van der Waals surface area contributed by atoms with Gasteiger partial charge in [0, 0.05) is 19.8 Å². The Bertz CT molecular complexity index is 323. The lowest BCUT2D eigenvalue weighted by Crippen LogP contribution is -2.42. The Kier molecular flexibility index (Phi) is 9.01. The fraction of sp³-hybridized carbons (Fsp3) is 0.867. The molecule has 0 spiro atoms. The van der Waals surface area contributed by atoms with Gasteiger partial charge in [-0.15, -0.1) is 0 Å². The number of carbonyl (C=O) groups is 2. The van der Waals surface area contributed by atoms with E-state index in [1.165, 1.54) is 0 Å². The van der Waals surface area contributed by atoms with Crippen LogP contribution in [0, 0.1) is 0 Å². The highest BCUT2D eigenvalue weighted by Crippen LogP contribution is 2.18. The summed E-state index contributed by atoms with van der Waals surface area (Å²) in [6.45, 7) is 4.01. The number of unbranched alkanes of at least 4 members (excludes halogenated alkanes) is 1. The maximum absolute atomic E-state index is 11.7. The van der Waals surface area contributed by atoms with Crippen LogP contribution in [0.5, 0.6) is 0 Å². The first-order valence-corrected chi connectivity index (χ1v) is 7.95. The van der Waals surface area contributed by atoms with Gasteiger partial charge < -0.3 is 20.5 Å². The standard InChI is InChI=1S/C15H28N2O4/c1-2-3-9-21-10-5-8-16-14(19)11-15(20)17-12-6-4-7-13(12)18/h12-13,18H,2-11H2,1H3,(H,16,19)(H,17,20)/t12-,13+/m1/s1. The molecule has 122 valence electrons. The quantitative estimate of drug-likeness (QED) is 0.410. The zero-order valence-corrected chi connectivity index (χ0v) is 12.9. The zero-order chi connectivity index (χ0) is 15.5.